The van der Waals surface area contributed by atoms with E-state index in [1.807, 2.05) is 36.4 Å². The van der Waals surface area contributed by atoms with Crippen LogP contribution >= 0.6 is 35.0 Å². The predicted molar refractivity (Wildman–Crippen MR) is 104 cm³/mol. The summed E-state index contributed by atoms with van der Waals surface area (Å²) in [5.74, 6) is 1.53. The third-order valence-electron chi connectivity index (χ3n) is 4.52. The van der Waals surface area contributed by atoms with Crippen LogP contribution in [0.3, 0.4) is 0 Å². The molecule has 0 unspecified atom stereocenters. The molecule has 0 radical (unpaired) electrons. The van der Waals surface area contributed by atoms with Crippen molar-refractivity contribution in [1.29, 1.82) is 0 Å². The molecule has 1 amide bonds. The predicted octanol–water partition coefficient (Wildman–Crippen LogP) is 4.84. The van der Waals surface area contributed by atoms with E-state index in [4.69, 9.17) is 23.2 Å². The average Bonchev–Trinajstić information content (AvgIpc) is 2.62. The van der Waals surface area contributed by atoms with Crippen molar-refractivity contribution < 1.29 is 4.79 Å². The first-order valence-electron chi connectivity index (χ1n) is 8.04. The highest BCUT2D eigenvalue weighted by molar-refractivity contribution is 8.03. The summed E-state index contributed by atoms with van der Waals surface area (Å²) < 4.78 is 0. The third-order valence-corrected chi connectivity index (χ3v) is 6.23. The van der Waals surface area contributed by atoms with Crippen molar-refractivity contribution in [3.63, 3.8) is 0 Å². The Kier molecular flexibility index (Phi) is 4.67. The van der Waals surface area contributed by atoms with Gasteiger partial charge in [0.15, 0.2) is 0 Å². The standard InChI is InChI=1S/C19H16Cl2N2OS/c20-13-5-1-11(2-6-13)15-9-16(12-3-7-14(21)8-4-12)22-19-18(15)25-10-17(24)23-19/h1-8,15-16,22H,9-10H2,(H,23,24)/t15-,16-/m0/s1. The molecule has 2 aliphatic heterocycles. The second kappa shape index (κ2) is 6.94. The monoisotopic (exact) mass is 390 g/mol. The number of amides is 1. The molecule has 25 heavy (non-hydrogen) atoms. The fourth-order valence-electron chi connectivity index (χ4n) is 3.31. The summed E-state index contributed by atoms with van der Waals surface area (Å²) in [7, 11) is 0. The number of carbonyl (C=O) groups is 1. The lowest BCUT2D eigenvalue weighted by atomic mass is 9.86. The Bertz CT molecular complexity index is 834. The molecule has 0 saturated heterocycles. The zero-order valence-electron chi connectivity index (χ0n) is 13.3. The smallest absolute Gasteiger partial charge is 0.235 e. The van der Waals surface area contributed by atoms with Gasteiger partial charge < -0.3 is 10.6 Å². The van der Waals surface area contributed by atoms with Gasteiger partial charge in [-0.25, -0.2) is 0 Å². The highest BCUT2D eigenvalue weighted by Crippen LogP contribution is 2.45. The fraction of sp³-hybridized carbons (Fsp3) is 0.211. The van der Waals surface area contributed by atoms with Crippen LogP contribution in [-0.2, 0) is 4.79 Å². The van der Waals surface area contributed by atoms with Gasteiger partial charge >= 0.3 is 0 Å². The molecule has 0 spiro atoms. The van der Waals surface area contributed by atoms with Crippen molar-refractivity contribution in [3.05, 3.63) is 80.4 Å². The van der Waals surface area contributed by atoms with Crippen LogP contribution in [0.2, 0.25) is 10.0 Å². The van der Waals surface area contributed by atoms with Crippen LogP contribution in [0.15, 0.2) is 59.3 Å². The number of allylic oxidation sites excluding steroid dienone is 1. The number of benzene rings is 2. The number of nitrogens with one attached hydrogen (secondary N) is 2. The SMILES string of the molecule is O=C1CSC2=C(N1)N[C@H](c1ccc(Cl)cc1)C[C@H]2c1ccc(Cl)cc1. The minimum Gasteiger partial charge on any atom is -0.364 e. The topological polar surface area (TPSA) is 41.1 Å². The molecule has 0 bridgehead atoms. The van der Waals surface area contributed by atoms with E-state index in [-0.39, 0.29) is 17.9 Å². The number of hydrogen-bond donors (Lipinski definition) is 2. The van der Waals surface area contributed by atoms with Gasteiger partial charge in [-0.2, -0.15) is 0 Å². The maximum atomic E-state index is 11.9. The van der Waals surface area contributed by atoms with Gasteiger partial charge in [0.25, 0.3) is 0 Å². The Balaban J connectivity index is 1.72. The van der Waals surface area contributed by atoms with Crippen LogP contribution in [0.5, 0.6) is 0 Å². The summed E-state index contributed by atoms with van der Waals surface area (Å²) in [6, 6.07) is 15.9. The Morgan fingerprint density at radius 1 is 0.920 bits per heavy atom. The molecular formula is C19H16Cl2N2OS. The summed E-state index contributed by atoms with van der Waals surface area (Å²) in [4.78, 5) is 13.0. The molecule has 2 N–H and O–H groups in total. The Morgan fingerprint density at radius 2 is 1.52 bits per heavy atom. The Labute approximate surface area is 160 Å². The second-order valence-electron chi connectivity index (χ2n) is 6.16. The van der Waals surface area contributed by atoms with E-state index in [0.29, 0.717) is 5.75 Å². The number of rotatable bonds is 2. The van der Waals surface area contributed by atoms with E-state index in [2.05, 4.69) is 22.8 Å². The lowest BCUT2D eigenvalue weighted by Crippen LogP contribution is -2.42. The first kappa shape index (κ1) is 16.8. The molecule has 3 nitrogen and oxygen atoms in total. The zero-order valence-corrected chi connectivity index (χ0v) is 15.6. The molecule has 2 aliphatic rings. The molecule has 2 heterocycles. The number of thioether (sulfide) groups is 1. The maximum absolute atomic E-state index is 11.9. The largest absolute Gasteiger partial charge is 0.364 e. The number of carbonyl (C=O) groups excluding carboxylic acids is 1. The van der Waals surface area contributed by atoms with Crippen LogP contribution in [0.4, 0.5) is 0 Å². The summed E-state index contributed by atoms with van der Waals surface area (Å²) in [5.41, 5.74) is 2.36. The van der Waals surface area contributed by atoms with Gasteiger partial charge in [0, 0.05) is 20.9 Å². The second-order valence-corrected chi connectivity index (χ2v) is 8.05. The maximum Gasteiger partial charge on any atom is 0.235 e. The highest BCUT2D eigenvalue weighted by Gasteiger charge is 2.34. The van der Waals surface area contributed by atoms with E-state index in [1.54, 1.807) is 11.8 Å². The van der Waals surface area contributed by atoms with Gasteiger partial charge in [-0.3, -0.25) is 4.79 Å². The normalized spacial score (nSPS) is 22.9. The Morgan fingerprint density at radius 3 is 2.16 bits per heavy atom. The number of halogens is 2. The van der Waals surface area contributed by atoms with Gasteiger partial charge in [-0.1, -0.05) is 47.5 Å². The minimum absolute atomic E-state index is 0.0304. The van der Waals surface area contributed by atoms with Crippen molar-refractivity contribution in [3.8, 4) is 0 Å². The lowest BCUT2D eigenvalue weighted by molar-refractivity contribution is -0.118. The summed E-state index contributed by atoms with van der Waals surface area (Å²) in [6.07, 6.45) is 0.908. The molecule has 0 fully saturated rings. The van der Waals surface area contributed by atoms with Crippen LogP contribution in [-0.4, -0.2) is 11.7 Å². The molecule has 6 heteroatoms. The Hall–Kier alpha value is -1.62. The van der Waals surface area contributed by atoms with E-state index in [9.17, 15) is 4.79 Å². The van der Waals surface area contributed by atoms with Crippen LogP contribution in [0, 0.1) is 0 Å². The molecule has 0 saturated carbocycles. The molecule has 0 aromatic heterocycles. The van der Waals surface area contributed by atoms with Crippen molar-refractivity contribution in [2.45, 2.75) is 18.4 Å². The molecule has 4 rings (SSSR count). The van der Waals surface area contributed by atoms with Gasteiger partial charge in [0.2, 0.25) is 5.91 Å². The van der Waals surface area contributed by atoms with E-state index < -0.39 is 0 Å². The fourth-order valence-corrected chi connectivity index (χ4v) is 4.61. The molecule has 2 aromatic carbocycles. The third kappa shape index (κ3) is 3.52. The van der Waals surface area contributed by atoms with Crippen molar-refractivity contribution in [2.75, 3.05) is 5.75 Å². The van der Waals surface area contributed by atoms with Gasteiger partial charge in [-0.15, -0.1) is 11.8 Å². The van der Waals surface area contributed by atoms with Crippen LogP contribution < -0.4 is 10.6 Å². The first-order chi connectivity index (χ1) is 12.1. The van der Waals surface area contributed by atoms with Gasteiger partial charge in [0.05, 0.1) is 11.8 Å². The molecule has 128 valence electrons. The van der Waals surface area contributed by atoms with Gasteiger partial charge in [-0.05, 0) is 41.8 Å². The summed E-state index contributed by atoms with van der Waals surface area (Å²) >= 11 is 13.7. The van der Waals surface area contributed by atoms with Crippen molar-refractivity contribution in [2.24, 2.45) is 0 Å². The zero-order chi connectivity index (χ0) is 17.4. The van der Waals surface area contributed by atoms with Crippen LogP contribution in [0.25, 0.3) is 0 Å². The highest BCUT2D eigenvalue weighted by atomic mass is 35.5. The molecule has 2 aromatic rings. The van der Waals surface area contributed by atoms with Crippen molar-refractivity contribution >= 4 is 40.9 Å². The molecule has 0 aliphatic carbocycles. The number of hydrogen-bond acceptors (Lipinski definition) is 3. The van der Waals surface area contributed by atoms with E-state index in [1.165, 1.54) is 10.5 Å². The molecule has 2 atom stereocenters. The summed E-state index contributed by atoms with van der Waals surface area (Å²) in [5, 5.41) is 7.93. The summed E-state index contributed by atoms with van der Waals surface area (Å²) in [6.45, 7) is 0. The quantitative estimate of drug-likeness (QED) is 0.770. The van der Waals surface area contributed by atoms with Crippen LogP contribution in [0.1, 0.15) is 29.5 Å². The van der Waals surface area contributed by atoms with Gasteiger partial charge in [0.1, 0.15) is 5.82 Å². The average molecular weight is 391 g/mol. The molecular weight excluding hydrogens is 375 g/mol. The van der Waals surface area contributed by atoms with Crippen molar-refractivity contribution in [1.82, 2.24) is 10.6 Å². The first-order valence-corrected chi connectivity index (χ1v) is 9.78. The van der Waals surface area contributed by atoms with E-state index >= 15 is 0 Å². The lowest BCUT2D eigenvalue weighted by Gasteiger charge is -2.37. The van der Waals surface area contributed by atoms with E-state index in [0.717, 1.165) is 27.9 Å². The minimum atomic E-state index is 0.0304.